The van der Waals surface area contributed by atoms with Crippen LogP contribution in [0, 0.1) is 0 Å². The van der Waals surface area contributed by atoms with E-state index in [1.807, 2.05) is 60.7 Å². The molecule has 1 aromatic heterocycles. The predicted molar refractivity (Wildman–Crippen MR) is 200 cm³/mol. The first-order valence-corrected chi connectivity index (χ1v) is 16.2. The third-order valence-electron chi connectivity index (χ3n) is 9.12. The molecule has 3 nitrogen and oxygen atoms in total. The van der Waals surface area contributed by atoms with Gasteiger partial charge in [0.1, 0.15) is 0 Å². The molecule has 9 rings (SSSR count). The van der Waals surface area contributed by atoms with Crippen LogP contribution in [0.25, 0.3) is 88.7 Å². The Morgan fingerprint density at radius 3 is 1.23 bits per heavy atom. The van der Waals surface area contributed by atoms with Gasteiger partial charge in [0.05, 0.1) is 0 Å². The van der Waals surface area contributed by atoms with Crippen LogP contribution in [0.2, 0.25) is 0 Å². The van der Waals surface area contributed by atoms with Gasteiger partial charge in [-0.2, -0.15) is 0 Å². The molecular weight excluding hydrogens is 583 g/mol. The predicted octanol–water partition coefficient (Wildman–Crippen LogP) is 11.7. The maximum atomic E-state index is 4.94. The first-order valence-electron chi connectivity index (χ1n) is 16.2. The molecule has 0 amide bonds. The van der Waals surface area contributed by atoms with Gasteiger partial charge in [-0.25, -0.2) is 15.0 Å². The monoisotopic (exact) mass is 611 g/mol. The Morgan fingerprint density at radius 2 is 0.646 bits per heavy atom. The van der Waals surface area contributed by atoms with Crippen LogP contribution in [0.4, 0.5) is 0 Å². The second kappa shape index (κ2) is 11.7. The minimum Gasteiger partial charge on any atom is -0.208 e. The molecule has 48 heavy (non-hydrogen) atoms. The van der Waals surface area contributed by atoms with Crippen molar-refractivity contribution >= 4 is 32.3 Å². The molecule has 0 bridgehead atoms. The molecular formula is C45H29N3. The summed E-state index contributed by atoms with van der Waals surface area (Å²) in [6.45, 7) is 0. The van der Waals surface area contributed by atoms with Crippen molar-refractivity contribution in [2.45, 2.75) is 0 Å². The van der Waals surface area contributed by atoms with Crippen molar-refractivity contribution in [3.8, 4) is 56.4 Å². The molecule has 0 fully saturated rings. The standard InChI is InChI=1S/C45H29N3/c1-3-13-32(14-4-1)43-46-44(33-15-5-2-6-16-33)48-45(47-43)35-18-11-17-34(29-35)30-25-27-31(28-26-30)36-23-12-24-41-39-20-8-7-19-37(39)38-21-9-10-22-40(38)42(36)41/h1-29H. The van der Waals surface area contributed by atoms with Crippen LogP contribution in [0.5, 0.6) is 0 Å². The highest BCUT2D eigenvalue weighted by Crippen LogP contribution is 2.40. The average molecular weight is 612 g/mol. The van der Waals surface area contributed by atoms with E-state index in [0.29, 0.717) is 17.5 Å². The third-order valence-corrected chi connectivity index (χ3v) is 9.12. The maximum Gasteiger partial charge on any atom is 0.164 e. The van der Waals surface area contributed by atoms with E-state index in [0.717, 1.165) is 27.8 Å². The molecule has 224 valence electrons. The van der Waals surface area contributed by atoms with Gasteiger partial charge in [0.2, 0.25) is 0 Å². The average Bonchev–Trinajstić information content (AvgIpc) is 3.18. The van der Waals surface area contributed by atoms with Gasteiger partial charge < -0.3 is 0 Å². The van der Waals surface area contributed by atoms with E-state index in [1.165, 1.54) is 43.4 Å². The first-order chi connectivity index (χ1) is 23.8. The Bertz CT molecular complexity index is 2490. The van der Waals surface area contributed by atoms with Crippen LogP contribution >= 0.6 is 0 Å². The van der Waals surface area contributed by atoms with Crippen LogP contribution in [0.15, 0.2) is 176 Å². The number of hydrogen-bond acceptors (Lipinski definition) is 3. The third kappa shape index (κ3) is 4.90. The van der Waals surface area contributed by atoms with Gasteiger partial charge in [-0.3, -0.25) is 0 Å². The first kappa shape index (κ1) is 27.8. The second-order valence-electron chi connectivity index (χ2n) is 12.0. The summed E-state index contributed by atoms with van der Waals surface area (Å²) in [5, 5.41) is 7.70. The number of aromatic nitrogens is 3. The van der Waals surface area contributed by atoms with E-state index in [4.69, 9.17) is 15.0 Å². The smallest absolute Gasteiger partial charge is 0.164 e. The highest BCUT2D eigenvalue weighted by atomic mass is 15.0. The van der Waals surface area contributed by atoms with Gasteiger partial charge in [0.15, 0.2) is 17.5 Å². The van der Waals surface area contributed by atoms with Crippen LogP contribution in [-0.2, 0) is 0 Å². The summed E-state index contributed by atoms with van der Waals surface area (Å²) in [6, 6.07) is 61.7. The van der Waals surface area contributed by atoms with Gasteiger partial charge in [0.25, 0.3) is 0 Å². The Labute approximate surface area is 278 Å². The highest BCUT2D eigenvalue weighted by Gasteiger charge is 2.15. The number of benzene rings is 8. The molecule has 0 aliphatic rings. The molecule has 1 heterocycles. The van der Waals surface area contributed by atoms with Crippen LogP contribution in [0.1, 0.15) is 0 Å². The topological polar surface area (TPSA) is 38.7 Å². The fourth-order valence-electron chi connectivity index (χ4n) is 6.81. The Hall–Kier alpha value is -6.45. The molecule has 0 aliphatic carbocycles. The summed E-state index contributed by atoms with van der Waals surface area (Å²) in [4.78, 5) is 14.7. The van der Waals surface area contributed by atoms with Crippen molar-refractivity contribution in [2.75, 3.05) is 0 Å². The minimum absolute atomic E-state index is 0.649. The van der Waals surface area contributed by atoms with E-state index in [1.54, 1.807) is 0 Å². The maximum absolute atomic E-state index is 4.94. The number of nitrogens with zero attached hydrogens (tertiary/aromatic N) is 3. The molecule has 0 radical (unpaired) electrons. The van der Waals surface area contributed by atoms with E-state index >= 15 is 0 Å². The number of fused-ring (bicyclic) bond motifs is 6. The summed E-state index contributed by atoms with van der Waals surface area (Å²) in [5.74, 6) is 1.96. The Balaban J connectivity index is 1.13. The van der Waals surface area contributed by atoms with E-state index < -0.39 is 0 Å². The summed E-state index contributed by atoms with van der Waals surface area (Å²) in [5.41, 5.74) is 7.53. The Morgan fingerprint density at radius 1 is 0.250 bits per heavy atom. The molecule has 8 aromatic carbocycles. The van der Waals surface area contributed by atoms with E-state index in [-0.39, 0.29) is 0 Å². The lowest BCUT2D eigenvalue weighted by Crippen LogP contribution is -2.00. The zero-order valence-corrected chi connectivity index (χ0v) is 26.1. The molecule has 0 aliphatic heterocycles. The van der Waals surface area contributed by atoms with Crippen LogP contribution < -0.4 is 0 Å². The molecule has 0 atom stereocenters. The molecule has 0 unspecified atom stereocenters. The molecule has 0 N–H and O–H groups in total. The van der Waals surface area contributed by atoms with E-state index in [2.05, 4.69) is 115 Å². The highest BCUT2D eigenvalue weighted by molar-refractivity contribution is 6.28. The molecule has 9 aromatic rings. The van der Waals surface area contributed by atoms with Crippen molar-refractivity contribution < 1.29 is 0 Å². The lowest BCUT2D eigenvalue weighted by molar-refractivity contribution is 1.07. The number of rotatable bonds is 5. The summed E-state index contributed by atoms with van der Waals surface area (Å²) < 4.78 is 0. The molecule has 0 spiro atoms. The van der Waals surface area contributed by atoms with Gasteiger partial charge >= 0.3 is 0 Å². The quantitative estimate of drug-likeness (QED) is 0.182. The fraction of sp³-hybridized carbons (Fsp3) is 0. The largest absolute Gasteiger partial charge is 0.208 e. The van der Waals surface area contributed by atoms with Crippen molar-refractivity contribution in [1.29, 1.82) is 0 Å². The molecule has 0 saturated heterocycles. The SMILES string of the molecule is c1ccc(-c2nc(-c3ccccc3)nc(-c3cccc(-c4ccc(-c5cccc6c7ccccc7c7ccccc7c56)cc4)c3)n2)cc1. The van der Waals surface area contributed by atoms with Crippen molar-refractivity contribution in [3.63, 3.8) is 0 Å². The van der Waals surface area contributed by atoms with Gasteiger partial charge in [-0.1, -0.05) is 170 Å². The van der Waals surface area contributed by atoms with Crippen molar-refractivity contribution in [2.24, 2.45) is 0 Å². The summed E-state index contributed by atoms with van der Waals surface area (Å²) >= 11 is 0. The molecule has 0 saturated carbocycles. The Kier molecular flexibility index (Phi) is 6.80. The fourth-order valence-corrected chi connectivity index (χ4v) is 6.81. The van der Waals surface area contributed by atoms with Crippen molar-refractivity contribution in [1.82, 2.24) is 15.0 Å². The normalized spacial score (nSPS) is 11.3. The number of hydrogen-bond donors (Lipinski definition) is 0. The van der Waals surface area contributed by atoms with Gasteiger partial charge in [-0.15, -0.1) is 0 Å². The lowest BCUT2D eigenvalue weighted by atomic mass is 9.89. The van der Waals surface area contributed by atoms with E-state index in [9.17, 15) is 0 Å². The second-order valence-corrected chi connectivity index (χ2v) is 12.0. The minimum atomic E-state index is 0.649. The zero-order valence-electron chi connectivity index (χ0n) is 26.1. The van der Waals surface area contributed by atoms with Gasteiger partial charge in [0, 0.05) is 16.7 Å². The van der Waals surface area contributed by atoms with Crippen LogP contribution in [-0.4, -0.2) is 15.0 Å². The summed E-state index contributed by atoms with van der Waals surface area (Å²) in [7, 11) is 0. The zero-order chi connectivity index (χ0) is 31.9. The van der Waals surface area contributed by atoms with Crippen LogP contribution in [0.3, 0.4) is 0 Å². The van der Waals surface area contributed by atoms with Crippen molar-refractivity contribution in [3.05, 3.63) is 176 Å². The summed E-state index contributed by atoms with van der Waals surface area (Å²) in [6.07, 6.45) is 0. The molecule has 3 heteroatoms. The lowest BCUT2D eigenvalue weighted by Gasteiger charge is -2.14. The van der Waals surface area contributed by atoms with Gasteiger partial charge in [-0.05, 0) is 60.6 Å².